The SMILES string of the molecule is COc1cc(/C=C/C(=O)C2=C(C(=O)C=Cc3ccccc3)C(C(=O)C=Cc3ccccc3)C(O)(F)C=C2)ccc1O. The number of allylic oxidation sites excluding steroid dienone is 5. The summed E-state index contributed by atoms with van der Waals surface area (Å²) in [6, 6.07) is 22.0. The van der Waals surface area contributed by atoms with Crippen molar-refractivity contribution < 1.29 is 33.7 Å². The van der Waals surface area contributed by atoms with Crippen molar-refractivity contribution >= 4 is 35.6 Å². The fourth-order valence-electron chi connectivity index (χ4n) is 4.30. The number of aromatic hydroxyl groups is 1. The Morgan fingerprint density at radius 1 is 0.805 bits per heavy atom. The van der Waals surface area contributed by atoms with Crippen molar-refractivity contribution in [2.24, 2.45) is 5.92 Å². The van der Waals surface area contributed by atoms with Crippen LogP contribution < -0.4 is 4.74 Å². The zero-order valence-electron chi connectivity index (χ0n) is 22.1. The average molecular weight is 551 g/mol. The zero-order chi connectivity index (χ0) is 29.4. The van der Waals surface area contributed by atoms with Crippen molar-refractivity contribution in [3.8, 4) is 11.5 Å². The van der Waals surface area contributed by atoms with Gasteiger partial charge in [-0.05, 0) is 59.2 Å². The minimum absolute atomic E-state index is 0.0841. The second kappa shape index (κ2) is 12.8. The minimum Gasteiger partial charge on any atom is -0.504 e. The fraction of sp³-hybridized carbons (Fsp3) is 0.0882. The van der Waals surface area contributed by atoms with Crippen LogP contribution in [0.3, 0.4) is 0 Å². The number of hydrogen-bond acceptors (Lipinski definition) is 6. The largest absolute Gasteiger partial charge is 0.504 e. The van der Waals surface area contributed by atoms with Gasteiger partial charge in [0.2, 0.25) is 5.85 Å². The number of methoxy groups -OCH3 is 1. The van der Waals surface area contributed by atoms with E-state index in [1.54, 1.807) is 66.7 Å². The highest BCUT2D eigenvalue weighted by Gasteiger charge is 2.47. The minimum atomic E-state index is -3.22. The molecule has 41 heavy (non-hydrogen) atoms. The fourth-order valence-corrected chi connectivity index (χ4v) is 4.30. The van der Waals surface area contributed by atoms with E-state index in [2.05, 4.69) is 0 Å². The van der Waals surface area contributed by atoms with Crippen LogP contribution in [0.5, 0.6) is 11.5 Å². The highest BCUT2D eigenvalue weighted by Crippen LogP contribution is 2.37. The van der Waals surface area contributed by atoms with Crippen LogP contribution in [0.4, 0.5) is 4.39 Å². The smallest absolute Gasteiger partial charge is 0.240 e. The third kappa shape index (κ3) is 7.09. The molecule has 3 aromatic rings. The summed E-state index contributed by atoms with van der Waals surface area (Å²) >= 11 is 0. The molecule has 0 bridgehead atoms. The van der Waals surface area contributed by atoms with E-state index in [1.165, 1.54) is 37.5 Å². The van der Waals surface area contributed by atoms with E-state index >= 15 is 4.39 Å². The van der Waals surface area contributed by atoms with Crippen LogP contribution in [-0.2, 0) is 14.4 Å². The summed E-state index contributed by atoms with van der Waals surface area (Å²) in [5, 5.41) is 20.4. The summed E-state index contributed by atoms with van der Waals surface area (Å²) in [5.41, 5.74) is 1.13. The topological polar surface area (TPSA) is 101 Å². The predicted octanol–water partition coefficient (Wildman–Crippen LogP) is 5.69. The highest BCUT2D eigenvalue weighted by molar-refractivity contribution is 6.20. The van der Waals surface area contributed by atoms with E-state index < -0.39 is 34.7 Å². The van der Waals surface area contributed by atoms with Gasteiger partial charge in [0.1, 0.15) is 5.92 Å². The molecule has 0 spiro atoms. The van der Waals surface area contributed by atoms with Gasteiger partial charge in [-0.2, -0.15) is 0 Å². The molecular formula is C34H27FO6. The number of benzene rings is 3. The van der Waals surface area contributed by atoms with E-state index in [0.717, 1.165) is 24.3 Å². The van der Waals surface area contributed by atoms with E-state index in [1.807, 2.05) is 0 Å². The van der Waals surface area contributed by atoms with Crippen molar-refractivity contribution in [3.05, 3.63) is 137 Å². The molecule has 6 nitrogen and oxygen atoms in total. The molecule has 0 radical (unpaired) electrons. The standard InChI is InChI=1S/C34H27FO6/c1-41-31-22-25(15-17-28(31)37)14-16-27(36)26-20-21-34(35,40)33(30(39)19-13-24-10-6-3-7-11-24)32(26)29(38)18-12-23-8-4-2-5-9-23/h2-22,33,37,40H,1H3/b16-14+,18-12?,19-13?. The van der Waals surface area contributed by atoms with Crippen molar-refractivity contribution in [1.82, 2.24) is 0 Å². The Balaban J connectivity index is 1.76. The van der Waals surface area contributed by atoms with Gasteiger partial charge in [0.15, 0.2) is 28.8 Å². The molecule has 0 aliphatic heterocycles. The van der Waals surface area contributed by atoms with Gasteiger partial charge >= 0.3 is 0 Å². The van der Waals surface area contributed by atoms with Crippen LogP contribution >= 0.6 is 0 Å². The molecule has 2 atom stereocenters. The number of hydrogen-bond donors (Lipinski definition) is 2. The van der Waals surface area contributed by atoms with Crippen molar-refractivity contribution in [2.45, 2.75) is 5.85 Å². The second-order valence-electron chi connectivity index (χ2n) is 9.20. The summed E-state index contributed by atoms with van der Waals surface area (Å²) in [7, 11) is 1.38. The van der Waals surface area contributed by atoms with Crippen LogP contribution in [0.2, 0.25) is 0 Å². The van der Waals surface area contributed by atoms with Crippen LogP contribution in [0.15, 0.2) is 120 Å². The first-order valence-electron chi connectivity index (χ1n) is 12.7. The molecule has 1 aliphatic rings. The first-order chi connectivity index (χ1) is 19.7. The Hall–Kier alpha value is -5.14. The van der Waals surface area contributed by atoms with E-state index in [-0.39, 0.29) is 17.1 Å². The Bertz CT molecular complexity index is 1590. The van der Waals surface area contributed by atoms with Gasteiger partial charge in [-0.15, -0.1) is 0 Å². The van der Waals surface area contributed by atoms with Gasteiger partial charge < -0.3 is 14.9 Å². The maximum atomic E-state index is 15.5. The molecule has 3 aromatic carbocycles. The van der Waals surface area contributed by atoms with Crippen LogP contribution in [0, 0.1) is 5.92 Å². The lowest BCUT2D eigenvalue weighted by Crippen LogP contribution is -2.42. The number of carbonyl (C=O) groups is 3. The number of rotatable bonds is 10. The Kier molecular flexibility index (Phi) is 9.02. The molecule has 206 valence electrons. The maximum Gasteiger partial charge on any atom is 0.240 e. The number of carbonyl (C=O) groups excluding carboxylic acids is 3. The van der Waals surface area contributed by atoms with Crippen LogP contribution in [0.1, 0.15) is 16.7 Å². The maximum absolute atomic E-state index is 15.5. The third-order valence-corrected chi connectivity index (χ3v) is 6.38. The Labute approximate surface area is 236 Å². The molecule has 0 saturated carbocycles. The summed E-state index contributed by atoms with van der Waals surface area (Å²) < 4.78 is 20.6. The summed E-state index contributed by atoms with van der Waals surface area (Å²) in [4.78, 5) is 40.2. The Morgan fingerprint density at radius 3 is 1.98 bits per heavy atom. The Morgan fingerprint density at radius 2 is 1.37 bits per heavy atom. The first kappa shape index (κ1) is 28.9. The van der Waals surface area contributed by atoms with Gasteiger partial charge in [0.25, 0.3) is 0 Å². The summed E-state index contributed by atoms with van der Waals surface area (Å²) in [6.45, 7) is 0. The predicted molar refractivity (Wildman–Crippen MR) is 155 cm³/mol. The number of halogens is 1. The molecule has 0 heterocycles. The lowest BCUT2D eigenvalue weighted by Gasteiger charge is -2.30. The number of ketones is 3. The molecule has 0 fully saturated rings. The molecule has 1 aliphatic carbocycles. The molecule has 4 rings (SSSR count). The number of ether oxygens (including phenoxy) is 1. The molecule has 2 unspecified atom stereocenters. The molecular weight excluding hydrogens is 523 g/mol. The third-order valence-electron chi connectivity index (χ3n) is 6.38. The number of phenols is 1. The summed E-state index contributed by atoms with van der Waals surface area (Å²) in [6.07, 6.45) is 9.44. The van der Waals surface area contributed by atoms with E-state index in [9.17, 15) is 24.6 Å². The highest BCUT2D eigenvalue weighted by atomic mass is 19.2. The van der Waals surface area contributed by atoms with Gasteiger partial charge in [0.05, 0.1) is 7.11 Å². The van der Waals surface area contributed by atoms with Crippen LogP contribution in [0.25, 0.3) is 18.2 Å². The van der Waals surface area contributed by atoms with E-state index in [0.29, 0.717) is 22.8 Å². The van der Waals surface area contributed by atoms with Crippen molar-refractivity contribution in [1.29, 1.82) is 0 Å². The van der Waals surface area contributed by atoms with Crippen LogP contribution in [-0.4, -0.2) is 40.5 Å². The number of alkyl halides is 1. The first-order valence-corrected chi connectivity index (χ1v) is 12.7. The van der Waals surface area contributed by atoms with Gasteiger partial charge in [-0.25, -0.2) is 4.39 Å². The molecule has 0 aromatic heterocycles. The zero-order valence-corrected chi connectivity index (χ0v) is 22.1. The van der Waals surface area contributed by atoms with Gasteiger partial charge in [-0.1, -0.05) is 85.0 Å². The quantitative estimate of drug-likeness (QED) is 0.315. The number of phenolic OH excluding ortho intramolecular Hbond substituents is 1. The normalized spacial score (nSPS) is 18.9. The lowest BCUT2D eigenvalue weighted by atomic mass is 9.77. The summed E-state index contributed by atoms with van der Waals surface area (Å²) in [5.74, 6) is -7.48. The van der Waals surface area contributed by atoms with Crippen molar-refractivity contribution in [2.75, 3.05) is 7.11 Å². The van der Waals surface area contributed by atoms with Gasteiger partial charge in [0, 0.05) is 11.1 Å². The molecule has 7 heteroatoms. The average Bonchev–Trinajstić information content (AvgIpc) is 2.98. The molecule has 0 amide bonds. The molecule has 2 N–H and O–H groups in total. The number of aliphatic hydroxyl groups is 1. The second-order valence-corrected chi connectivity index (χ2v) is 9.20. The van der Waals surface area contributed by atoms with Gasteiger partial charge in [-0.3, -0.25) is 14.4 Å². The molecule has 0 saturated heterocycles. The van der Waals surface area contributed by atoms with Crippen molar-refractivity contribution in [3.63, 3.8) is 0 Å². The monoisotopic (exact) mass is 550 g/mol. The lowest BCUT2D eigenvalue weighted by molar-refractivity contribution is -0.137. The van der Waals surface area contributed by atoms with E-state index in [4.69, 9.17) is 4.74 Å².